The number of fused-ring (bicyclic) bond motifs is 1. The minimum absolute atomic E-state index is 0.0634. The van der Waals surface area contributed by atoms with E-state index >= 15 is 0 Å². The van der Waals surface area contributed by atoms with Crippen molar-refractivity contribution in [3.63, 3.8) is 0 Å². The SMILES string of the molecule is CS(=O)(=O)N1C[C@H](C(=O)Nc2ccc(I)cc2)Oc2ccccc21. The molecule has 0 aromatic heterocycles. The number of rotatable bonds is 3. The standard InChI is InChI=1S/C16H15IN2O4S/c1-24(21,22)19-10-15(23-14-5-3-2-4-13(14)19)16(20)18-12-8-6-11(17)7-9-12/h2-9,15H,10H2,1H3,(H,18,20)/t15-/m1/s1. The van der Waals surface area contributed by atoms with E-state index in [1.807, 2.05) is 12.1 Å². The number of amides is 1. The Morgan fingerprint density at radius 3 is 2.54 bits per heavy atom. The number of hydrogen-bond donors (Lipinski definition) is 1. The number of sulfonamides is 1. The monoisotopic (exact) mass is 458 g/mol. The maximum atomic E-state index is 12.5. The van der Waals surface area contributed by atoms with Crippen LogP contribution >= 0.6 is 22.6 Å². The average Bonchev–Trinajstić information content (AvgIpc) is 2.55. The Labute approximate surface area is 154 Å². The molecule has 1 heterocycles. The molecule has 0 aliphatic carbocycles. The van der Waals surface area contributed by atoms with Gasteiger partial charge in [-0.1, -0.05) is 12.1 Å². The summed E-state index contributed by atoms with van der Waals surface area (Å²) in [6.45, 7) is -0.0634. The summed E-state index contributed by atoms with van der Waals surface area (Å²) in [6.07, 6.45) is 0.192. The highest BCUT2D eigenvalue weighted by molar-refractivity contribution is 14.1. The number of ether oxygens (including phenoxy) is 1. The first-order valence-corrected chi connectivity index (χ1v) is 10.1. The highest BCUT2D eigenvalue weighted by Gasteiger charge is 2.34. The fraction of sp³-hybridized carbons (Fsp3) is 0.188. The lowest BCUT2D eigenvalue weighted by molar-refractivity contribution is -0.122. The van der Waals surface area contributed by atoms with Crippen LogP contribution in [0.15, 0.2) is 48.5 Å². The molecule has 1 amide bonds. The number of para-hydroxylation sites is 2. The first kappa shape index (κ1) is 17.0. The number of anilines is 2. The zero-order chi connectivity index (χ0) is 17.3. The maximum Gasteiger partial charge on any atom is 0.267 e. The van der Waals surface area contributed by atoms with Crippen LogP contribution in [-0.4, -0.2) is 33.2 Å². The van der Waals surface area contributed by atoms with Crippen molar-refractivity contribution in [2.24, 2.45) is 0 Å². The van der Waals surface area contributed by atoms with Crippen molar-refractivity contribution < 1.29 is 17.9 Å². The van der Waals surface area contributed by atoms with Gasteiger partial charge in [0, 0.05) is 9.26 Å². The Morgan fingerprint density at radius 1 is 1.21 bits per heavy atom. The van der Waals surface area contributed by atoms with Crippen molar-refractivity contribution in [1.29, 1.82) is 0 Å². The molecule has 0 radical (unpaired) electrons. The predicted molar refractivity (Wildman–Crippen MR) is 101 cm³/mol. The van der Waals surface area contributed by atoms with Gasteiger partial charge in [-0.15, -0.1) is 0 Å². The molecule has 1 aliphatic heterocycles. The molecular formula is C16H15IN2O4S. The number of carbonyl (C=O) groups is 1. The molecular weight excluding hydrogens is 443 g/mol. The van der Waals surface area contributed by atoms with E-state index in [0.717, 1.165) is 9.83 Å². The Morgan fingerprint density at radius 2 is 1.88 bits per heavy atom. The number of hydrogen-bond acceptors (Lipinski definition) is 4. The van der Waals surface area contributed by atoms with Gasteiger partial charge in [-0.25, -0.2) is 8.42 Å². The smallest absolute Gasteiger partial charge is 0.267 e. The molecule has 1 aliphatic rings. The second-order valence-corrected chi connectivity index (χ2v) is 8.52. The minimum atomic E-state index is -3.51. The zero-order valence-electron chi connectivity index (χ0n) is 12.8. The molecule has 6 nitrogen and oxygen atoms in total. The van der Waals surface area contributed by atoms with Gasteiger partial charge in [0.05, 0.1) is 18.5 Å². The second kappa shape index (κ2) is 6.60. The number of benzene rings is 2. The van der Waals surface area contributed by atoms with Crippen LogP contribution in [0.5, 0.6) is 5.75 Å². The van der Waals surface area contributed by atoms with E-state index in [0.29, 0.717) is 17.1 Å². The molecule has 126 valence electrons. The van der Waals surface area contributed by atoms with E-state index in [4.69, 9.17) is 4.74 Å². The second-order valence-electron chi connectivity index (χ2n) is 5.36. The first-order valence-electron chi connectivity index (χ1n) is 7.14. The molecule has 2 aromatic carbocycles. The number of nitrogens with one attached hydrogen (secondary N) is 1. The fourth-order valence-corrected chi connectivity index (χ4v) is 3.68. The van der Waals surface area contributed by atoms with Crippen molar-refractivity contribution >= 4 is 49.9 Å². The van der Waals surface area contributed by atoms with E-state index in [1.54, 1.807) is 36.4 Å². The Balaban J connectivity index is 1.85. The van der Waals surface area contributed by atoms with Crippen molar-refractivity contribution in [1.82, 2.24) is 0 Å². The van der Waals surface area contributed by atoms with E-state index < -0.39 is 16.1 Å². The van der Waals surface area contributed by atoms with Gasteiger partial charge in [0.25, 0.3) is 5.91 Å². The first-order chi connectivity index (χ1) is 11.3. The summed E-state index contributed by atoms with van der Waals surface area (Å²) in [5.41, 5.74) is 1.08. The lowest BCUT2D eigenvalue weighted by Gasteiger charge is -2.33. The average molecular weight is 458 g/mol. The summed E-state index contributed by atoms with van der Waals surface area (Å²) in [5.74, 6) is -0.0173. The summed E-state index contributed by atoms with van der Waals surface area (Å²) in [6, 6.07) is 14.1. The van der Waals surface area contributed by atoms with Gasteiger partial charge in [-0.3, -0.25) is 9.10 Å². The van der Waals surface area contributed by atoms with Crippen molar-refractivity contribution in [2.45, 2.75) is 6.10 Å². The van der Waals surface area contributed by atoms with E-state index in [2.05, 4.69) is 27.9 Å². The van der Waals surface area contributed by atoms with Crippen LogP contribution in [0, 0.1) is 3.57 Å². The summed E-state index contributed by atoms with van der Waals surface area (Å²) in [5, 5.41) is 2.75. The molecule has 2 aromatic rings. The van der Waals surface area contributed by atoms with Crippen LogP contribution in [0.1, 0.15) is 0 Å². The summed E-state index contributed by atoms with van der Waals surface area (Å²) in [4.78, 5) is 12.5. The van der Waals surface area contributed by atoms with Crippen molar-refractivity contribution in [2.75, 3.05) is 22.4 Å². The van der Waals surface area contributed by atoms with Crippen LogP contribution in [0.3, 0.4) is 0 Å². The molecule has 0 saturated carbocycles. The van der Waals surface area contributed by atoms with Crippen LogP contribution in [0.4, 0.5) is 11.4 Å². The number of nitrogens with zero attached hydrogens (tertiary/aromatic N) is 1. The minimum Gasteiger partial charge on any atom is -0.476 e. The van der Waals surface area contributed by atoms with Gasteiger partial charge in [-0.05, 0) is 59.0 Å². The highest BCUT2D eigenvalue weighted by atomic mass is 127. The molecule has 8 heteroatoms. The Kier molecular flexibility index (Phi) is 4.68. The van der Waals surface area contributed by atoms with Crippen LogP contribution in [0.25, 0.3) is 0 Å². The van der Waals surface area contributed by atoms with Crippen LogP contribution in [0.2, 0.25) is 0 Å². The van der Waals surface area contributed by atoms with E-state index in [-0.39, 0.29) is 12.5 Å². The van der Waals surface area contributed by atoms with Gasteiger partial charge in [0.1, 0.15) is 5.75 Å². The molecule has 0 fully saturated rings. The molecule has 1 N–H and O–H groups in total. The topological polar surface area (TPSA) is 75.7 Å². The van der Waals surface area contributed by atoms with Gasteiger partial charge >= 0.3 is 0 Å². The zero-order valence-corrected chi connectivity index (χ0v) is 15.7. The third-order valence-corrected chi connectivity index (χ3v) is 5.40. The van der Waals surface area contributed by atoms with E-state index in [9.17, 15) is 13.2 Å². The molecule has 0 spiro atoms. The lowest BCUT2D eigenvalue weighted by Crippen LogP contribution is -2.48. The summed E-state index contributed by atoms with van der Waals surface area (Å²) in [7, 11) is -3.51. The van der Waals surface area contributed by atoms with Crippen LogP contribution in [-0.2, 0) is 14.8 Å². The van der Waals surface area contributed by atoms with E-state index in [1.165, 1.54) is 4.31 Å². The molecule has 1 atom stereocenters. The quantitative estimate of drug-likeness (QED) is 0.718. The van der Waals surface area contributed by atoms with Gasteiger partial charge in [0.2, 0.25) is 10.0 Å². The third-order valence-electron chi connectivity index (χ3n) is 3.54. The fourth-order valence-electron chi connectivity index (χ4n) is 2.41. The molecule has 0 bridgehead atoms. The maximum absolute atomic E-state index is 12.5. The Hall–Kier alpha value is -1.81. The normalized spacial score (nSPS) is 16.9. The van der Waals surface area contributed by atoms with Crippen molar-refractivity contribution in [3.8, 4) is 5.75 Å². The molecule has 0 saturated heterocycles. The summed E-state index contributed by atoms with van der Waals surface area (Å²) >= 11 is 2.17. The third kappa shape index (κ3) is 3.64. The van der Waals surface area contributed by atoms with Gasteiger partial charge in [0.15, 0.2) is 6.10 Å². The van der Waals surface area contributed by atoms with Crippen LogP contribution < -0.4 is 14.4 Å². The highest BCUT2D eigenvalue weighted by Crippen LogP contribution is 2.34. The lowest BCUT2D eigenvalue weighted by atomic mass is 10.2. The molecule has 24 heavy (non-hydrogen) atoms. The largest absolute Gasteiger partial charge is 0.476 e. The Bertz CT molecular complexity index is 868. The predicted octanol–water partition coefficient (Wildman–Crippen LogP) is 2.46. The van der Waals surface area contributed by atoms with Gasteiger partial charge < -0.3 is 10.1 Å². The number of halogens is 1. The number of carbonyl (C=O) groups excluding carboxylic acids is 1. The molecule has 0 unspecified atom stereocenters. The van der Waals surface area contributed by atoms with Crippen molar-refractivity contribution in [3.05, 3.63) is 52.1 Å². The van der Waals surface area contributed by atoms with Gasteiger partial charge in [-0.2, -0.15) is 0 Å². The molecule has 3 rings (SSSR count). The summed E-state index contributed by atoms with van der Waals surface area (Å²) < 4.78 is 32.0.